The number of nitrogen functional groups attached to an aromatic ring is 1. The first kappa shape index (κ1) is 26.4. The minimum Gasteiger partial charge on any atom is -0.432 e. The van der Waals surface area contributed by atoms with Crippen LogP contribution in [-0.4, -0.2) is 30.8 Å². The number of thiazole rings is 1. The molecule has 6 rings (SSSR count). The first-order valence-electron chi connectivity index (χ1n) is 12.3. The van der Waals surface area contributed by atoms with Crippen LogP contribution in [0.25, 0.3) is 38.2 Å². The number of aromatic nitrogens is 5. The summed E-state index contributed by atoms with van der Waals surface area (Å²) in [5.74, 6) is -2.08. The molecule has 0 saturated heterocycles. The van der Waals surface area contributed by atoms with Gasteiger partial charge >= 0.3 is 6.61 Å². The van der Waals surface area contributed by atoms with E-state index in [0.29, 0.717) is 27.0 Å². The van der Waals surface area contributed by atoms with E-state index in [1.54, 1.807) is 17.4 Å². The van der Waals surface area contributed by atoms with Crippen molar-refractivity contribution in [3.05, 3.63) is 93.5 Å². The number of rotatable bonds is 6. The van der Waals surface area contributed by atoms with E-state index >= 15 is 0 Å². The Morgan fingerprint density at radius 2 is 1.85 bits per heavy atom. The Balaban J connectivity index is 1.59. The van der Waals surface area contributed by atoms with E-state index in [2.05, 4.69) is 14.7 Å². The van der Waals surface area contributed by atoms with E-state index < -0.39 is 30.0 Å². The Labute approximate surface area is 233 Å². The van der Waals surface area contributed by atoms with Crippen molar-refractivity contribution < 1.29 is 22.3 Å². The normalized spacial score (nSPS) is 12.5. The van der Waals surface area contributed by atoms with Crippen LogP contribution in [0.3, 0.4) is 0 Å². The first-order chi connectivity index (χ1) is 19.6. The van der Waals surface area contributed by atoms with Gasteiger partial charge < -0.3 is 10.5 Å². The minimum atomic E-state index is -3.19. The van der Waals surface area contributed by atoms with E-state index in [4.69, 9.17) is 10.8 Å². The van der Waals surface area contributed by atoms with Crippen molar-refractivity contribution >= 4 is 33.0 Å². The number of alkyl halides is 2. The van der Waals surface area contributed by atoms with E-state index in [9.17, 15) is 22.4 Å². The number of aryl methyl sites for hydroxylation is 1. The molecule has 41 heavy (non-hydrogen) atoms. The molecule has 8 nitrogen and oxygen atoms in total. The standard InChI is InChI=1S/C28H20F4N6O2S/c1-13-11-41-21-10-18(22(27(39)37(13)21)15-4-3-5-17(29)8-15)14(2)38-26-23(25(33)34-12-35-26)24(36-38)16-6-7-20(19(30)9-16)40-28(31)32/h3-12,14,28H,1-2H3,(H2,33,34,35)/t14-/m0/s1. The highest BCUT2D eigenvalue weighted by molar-refractivity contribution is 7.15. The third-order valence-electron chi connectivity index (χ3n) is 6.78. The van der Waals surface area contributed by atoms with Crippen LogP contribution < -0.4 is 16.0 Å². The fourth-order valence-electron chi connectivity index (χ4n) is 4.93. The SMILES string of the molecule is Cc1csc2cc([C@H](C)n3nc(-c4ccc(OC(F)F)c(F)c4)c4c(N)ncnc43)c(-c3cccc(F)c3)c(=O)n12. The van der Waals surface area contributed by atoms with Crippen molar-refractivity contribution in [1.82, 2.24) is 24.1 Å². The summed E-state index contributed by atoms with van der Waals surface area (Å²) in [6, 6.07) is 10.4. The van der Waals surface area contributed by atoms with Gasteiger partial charge in [-0.3, -0.25) is 9.20 Å². The number of nitrogens with zero attached hydrogens (tertiary/aromatic N) is 5. The molecule has 13 heteroatoms. The van der Waals surface area contributed by atoms with E-state index in [0.717, 1.165) is 17.8 Å². The Bertz CT molecular complexity index is 2020. The molecule has 2 aromatic carbocycles. The van der Waals surface area contributed by atoms with Crippen LogP contribution in [-0.2, 0) is 0 Å². The fraction of sp³-hybridized carbons (Fsp3) is 0.143. The molecule has 0 aliphatic heterocycles. The highest BCUT2D eigenvalue weighted by Gasteiger charge is 2.26. The maximum Gasteiger partial charge on any atom is 0.387 e. The zero-order valence-electron chi connectivity index (χ0n) is 21.5. The summed E-state index contributed by atoms with van der Waals surface area (Å²) in [6.07, 6.45) is 1.25. The predicted octanol–water partition coefficient (Wildman–Crippen LogP) is 6.21. The lowest BCUT2D eigenvalue weighted by atomic mass is 9.97. The Kier molecular flexibility index (Phi) is 6.45. The monoisotopic (exact) mass is 580 g/mol. The molecule has 6 aromatic rings. The van der Waals surface area contributed by atoms with Gasteiger partial charge in [0.05, 0.1) is 17.0 Å². The van der Waals surface area contributed by atoms with Gasteiger partial charge in [-0.15, -0.1) is 11.3 Å². The van der Waals surface area contributed by atoms with Crippen molar-refractivity contribution in [3.8, 4) is 28.1 Å². The van der Waals surface area contributed by atoms with Crippen molar-refractivity contribution in [2.24, 2.45) is 0 Å². The molecule has 4 heterocycles. The summed E-state index contributed by atoms with van der Waals surface area (Å²) in [7, 11) is 0. The van der Waals surface area contributed by atoms with Crippen molar-refractivity contribution in [2.75, 3.05) is 5.73 Å². The molecule has 0 bridgehead atoms. The molecule has 1 atom stereocenters. The quantitative estimate of drug-likeness (QED) is 0.235. The van der Waals surface area contributed by atoms with Crippen molar-refractivity contribution in [2.45, 2.75) is 26.5 Å². The van der Waals surface area contributed by atoms with E-state index in [-0.39, 0.29) is 28.2 Å². The maximum atomic E-state index is 14.7. The molecule has 0 unspecified atom stereocenters. The minimum absolute atomic E-state index is 0.0616. The Morgan fingerprint density at radius 3 is 2.59 bits per heavy atom. The molecule has 0 spiro atoms. The Hall–Kier alpha value is -4.78. The molecule has 208 valence electrons. The molecule has 0 radical (unpaired) electrons. The van der Waals surface area contributed by atoms with Crippen LogP contribution in [0.5, 0.6) is 5.75 Å². The van der Waals surface area contributed by atoms with Gasteiger partial charge in [0.15, 0.2) is 17.2 Å². The number of halogens is 4. The van der Waals surface area contributed by atoms with Gasteiger partial charge in [0.2, 0.25) is 0 Å². The molecule has 0 saturated carbocycles. The molecule has 0 aliphatic rings. The van der Waals surface area contributed by atoms with Gasteiger partial charge in [-0.1, -0.05) is 12.1 Å². The van der Waals surface area contributed by atoms with Crippen LogP contribution in [0.15, 0.2) is 65.0 Å². The summed E-state index contributed by atoms with van der Waals surface area (Å²) in [4.78, 5) is 22.9. The van der Waals surface area contributed by atoms with Gasteiger partial charge in [0.25, 0.3) is 5.56 Å². The highest BCUT2D eigenvalue weighted by Crippen LogP contribution is 2.37. The molecule has 0 amide bonds. The van der Waals surface area contributed by atoms with Crippen LogP contribution in [0, 0.1) is 18.6 Å². The maximum absolute atomic E-state index is 14.7. The second-order valence-electron chi connectivity index (χ2n) is 9.29. The predicted molar refractivity (Wildman–Crippen MR) is 147 cm³/mol. The third kappa shape index (κ3) is 4.47. The summed E-state index contributed by atoms with van der Waals surface area (Å²) >= 11 is 1.38. The first-order valence-corrected chi connectivity index (χ1v) is 13.1. The molecular weight excluding hydrogens is 560 g/mol. The smallest absolute Gasteiger partial charge is 0.387 e. The van der Waals surface area contributed by atoms with Gasteiger partial charge in [-0.2, -0.15) is 13.9 Å². The number of anilines is 1. The van der Waals surface area contributed by atoms with Gasteiger partial charge in [0.1, 0.15) is 28.5 Å². The van der Waals surface area contributed by atoms with Crippen LogP contribution in [0.2, 0.25) is 0 Å². The molecule has 2 N–H and O–H groups in total. The number of benzene rings is 2. The largest absolute Gasteiger partial charge is 0.432 e. The lowest BCUT2D eigenvalue weighted by Gasteiger charge is -2.18. The summed E-state index contributed by atoms with van der Waals surface area (Å²) < 4.78 is 61.6. The van der Waals surface area contributed by atoms with Crippen LogP contribution in [0.1, 0.15) is 24.2 Å². The van der Waals surface area contributed by atoms with E-state index in [1.165, 1.54) is 46.6 Å². The highest BCUT2D eigenvalue weighted by atomic mass is 32.1. The molecular formula is C28H20F4N6O2S. The van der Waals surface area contributed by atoms with Crippen molar-refractivity contribution in [3.63, 3.8) is 0 Å². The fourth-order valence-corrected chi connectivity index (χ4v) is 5.85. The summed E-state index contributed by atoms with van der Waals surface area (Å²) in [6.45, 7) is 0.414. The number of hydrogen-bond donors (Lipinski definition) is 1. The van der Waals surface area contributed by atoms with Crippen LogP contribution >= 0.6 is 11.3 Å². The number of pyridine rings is 1. The zero-order valence-corrected chi connectivity index (χ0v) is 22.3. The van der Waals surface area contributed by atoms with E-state index in [1.807, 2.05) is 18.4 Å². The van der Waals surface area contributed by atoms with Crippen molar-refractivity contribution in [1.29, 1.82) is 0 Å². The number of nitrogens with two attached hydrogens (primary N) is 1. The summed E-state index contributed by atoms with van der Waals surface area (Å²) in [5.41, 5.74) is 8.54. The average molecular weight is 581 g/mol. The number of hydrogen-bond acceptors (Lipinski definition) is 7. The number of fused-ring (bicyclic) bond motifs is 2. The molecule has 0 aliphatic carbocycles. The van der Waals surface area contributed by atoms with Gasteiger partial charge in [-0.05, 0) is 61.4 Å². The van der Waals surface area contributed by atoms with Gasteiger partial charge in [0, 0.05) is 16.6 Å². The average Bonchev–Trinajstić information content (AvgIpc) is 3.51. The lowest BCUT2D eigenvalue weighted by molar-refractivity contribution is -0.0521. The second-order valence-corrected chi connectivity index (χ2v) is 10.2. The number of ether oxygens (including phenoxy) is 1. The zero-order chi connectivity index (χ0) is 29.0. The van der Waals surface area contributed by atoms with Gasteiger partial charge in [-0.25, -0.2) is 23.4 Å². The van der Waals surface area contributed by atoms with Crippen LogP contribution in [0.4, 0.5) is 23.4 Å². The lowest BCUT2D eigenvalue weighted by Crippen LogP contribution is -2.21. The second kappa shape index (κ2) is 10.0. The molecule has 4 aromatic heterocycles. The Morgan fingerprint density at radius 1 is 1.05 bits per heavy atom. The summed E-state index contributed by atoms with van der Waals surface area (Å²) in [5, 5.41) is 6.85. The molecule has 0 fully saturated rings. The third-order valence-corrected chi connectivity index (χ3v) is 7.78. The topological polar surface area (TPSA) is 100 Å².